The Labute approximate surface area is 420 Å². The lowest BCUT2D eigenvalue weighted by atomic mass is 9.86. The van der Waals surface area contributed by atoms with E-state index in [1.807, 2.05) is 37.3 Å². The van der Waals surface area contributed by atoms with Gasteiger partial charge in [-0.15, -0.1) is 0 Å². The summed E-state index contributed by atoms with van der Waals surface area (Å²) >= 11 is 30.7. The standard InChI is InChI=1S/C25H19Cl2F3N4O2.C24H19Cl3N4O2/c1-14(36-23-7-4-17(11-33-23)25(28,29)30)19-12-34(24(35)16-2-5-18(9-31)32-10-16)13-20(19)15-3-6-21(26)22(27)8-15;1-14(33-23-7-4-17(25)11-30-23)19-12-31(24(32)16-2-5-18(9-28)29-10-16)13-20(19)15-3-6-21(26)22(27)8-15/h2-8,10-11,14,19-20H,12-13H2,1H3;2-8,10-11,14,19-20H,12-13H2,1H3/t;14-,19+,20+/m.1/s1. The first kappa shape index (κ1) is 50.7. The number of likely N-dealkylation sites (tertiary alicyclic amines) is 2. The molecule has 6 heterocycles. The highest BCUT2D eigenvalue weighted by Crippen LogP contribution is 2.41. The molecule has 2 aromatic carbocycles. The van der Waals surface area contributed by atoms with Crippen LogP contribution < -0.4 is 9.47 Å². The third-order valence-electron chi connectivity index (χ3n) is 11.9. The largest absolute Gasteiger partial charge is 0.474 e. The fraction of sp³-hybridized carbons (Fsp3) is 0.265. The second kappa shape index (κ2) is 22.0. The molecule has 0 saturated carbocycles. The molecule has 0 spiro atoms. The maximum absolute atomic E-state index is 13.2. The highest BCUT2D eigenvalue weighted by atomic mass is 35.5. The Morgan fingerprint density at radius 3 is 1.39 bits per heavy atom. The first-order valence-electron chi connectivity index (χ1n) is 21.1. The van der Waals surface area contributed by atoms with Gasteiger partial charge in [0.15, 0.2) is 0 Å². The van der Waals surface area contributed by atoms with E-state index in [4.69, 9.17) is 78.0 Å². The summed E-state index contributed by atoms with van der Waals surface area (Å²) in [6, 6.07) is 26.3. The van der Waals surface area contributed by atoms with Gasteiger partial charge in [-0.2, -0.15) is 23.7 Å². The van der Waals surface area contributed by atoms with Crippen molar-refractivity contribution in [2.45, 2.75) is 44.1 Å². The van der Waals surface area contributed by atoms with E-state index in [1.165, 1.54) is 36.8 Å². The molecule has 354 valence electrons. The number of nitrogens with zero attached hydrogens (tertiary/aromatic N) is 8. The number of nitriles is 2. The van der Waals surface area contributed by atoms with E-state index in [0.717, 1.165) is 23.4 Å². The number of halogens is 8. The van der Waals surface area contributed by atoms with Crippen LogP contribution in [0.2, 0.25) is 25.1 Å². The molecule has 6 atom stereocenters. The smallest absolute Gasteiger partial charge is 0.417 e. The highest BCUT2D eigenvalue weighted by molar-refractivity contribution is 6.42. The van der Waals surface area contributed by atoms with Crippen LogP contribution in [0.3, 0.4) is 0 Å². The molecule has 2 fully saturated rings. The van der Waals surface area contributed by atoms with Crippen molar-refractivity contribution < 1.29 is 32.2 Å². The number of rotatable bonds is 10. The number of ether oxygens (including phenoxy) is 2. The van der Waals surface area contributed by atoms with Crippen LogP contribution >= 0.6 is 58.0 Å². The predicted octanol–water partition coefficient (Wildman–Crippen LogP) is 11.6. The van der Waals surface area contributed by atoms with Crippen molar-refractivity contribution in [1.29, 1.82) is 10.5 Å². The van der Waals surface area contributed by atoms with Crippen molar-refractivity contribution in [2.24, 2.45) is 11.8 Å². The number of aromatic nitrogens is 4. The minimum Gasteiger partial charge on any atom is -0.474 e. The van der Waals surface area contributed by atoms with E-state index in [2.05, 4.69) is 19.9 Å². The summed E-state index contributed by atoms with van der Waals surface area (Å²) in [6.07, 6.45) is -0.221. The molecule has 2 saturated heterocycles. The van der Waals surface area contributed by atoms with E-state index in [-0.39, 0.29) is 58.9 Å². The monoisotopic (exact) mass is 1030 g/mol. The molecular weight excluding hydrogens is 999 g/mol. The summed E-state index contributed by atoms with van der Waals surface area (Å²) < 4.78 is 50.6. The van der Waals surface area contributed by atoms with Crippen LogP contribution in [-0.4, -0.2) is 79.9 Å². The van der Waals surface area contributed by atoms with Crippen molar-refractivity contribution in [1.82, 2.24) is 29.7 Å². The fourth-order valence-electron chi connectivity index (χ4n) is 8.28. The van der Waals surface area contributed by atoms with Crippen molar-refractivity contribution in [3.8, 4) is 23.9 Å². The molecular formula is C49H38Cl5F3N8O4. The summed E-state index contributed by atoms with van der Waals surface area (Å²) in [5.74, 6) is -0.408. The lowest BCUT2D eigenvalue weighted by Crippen LogP contribution is -2.32. The summed E-state index contributed by atoms with van der Waals surface area (Å²) in [6.45, 7) is 5.34. The average Bonchev–Trinajstić information content (AvgIpc) is 4.01. The quantitative estimate of drug-likeness (QED) is 0.129. The fourth-order valence-corrected chi connectivity index (χ4v) is 9.00. The molecule has 2 aliphatic rings. The second-order valence-corrected chi connectivity index (χ2v) is 18.3. The lowest BCUT2D eigenvalue weighted by Gasteiger charge is -2.25. The molecule has 3 unspecified atom stereocenters. The van der Waals surface area contributed by atoms with Gasteiger partial charge in [0.1, 0.15) is 35.7 Å². The van der Waals surface area contributed by atoms with Gasteiger partial charge < -0.3 is 19.3 Å². The molecule has 4 aromatic heterocycles. The maximum Gasteiger partial charge on any atom is 0.417 e. The lowest BCUT2D eigenvalue weighted by molar-refractivity contribution is -0.137. The van der Waals surface area contributed by atoms with Crippen molar-refractivity contribution >= 4 is 69.8 Å². The van der Waals surface area contributed by atoms with Gasteiger partial charge in [0.25, 0.3) is 11.8 Å². The zero-order chi connectivity index (χ0) is 49.6. The second-order valence-electron chi connectivity index (χ2n) is 16.2. The Bertz CT molecular complexity index is 2890. The molecule has 20 heteroatoms. The Balaban J connectivity index is 0.000000205. The highest BCUT2D eigenvalue weighted by Gasteiger charge is 2.42. The van der Waals surface area contributed by atoms with Crippen LogP contribution in [0.15, 0.2) is 110 Å². The molecule has 6 aromatic rings. The van der Waals surface area contributed by atoms with Gasteiger partial charge >= 0.3 is 6.18 Å². The van der Waals surface area contributed by atoms with Crippen LogP contribution in [0.1, 0.15) is 74.5 Å². The van der Waals surface area contributed by atoms with Gasteiger partial charge in [-0.25, -0.2) is 19.9 Å². The van der Waals surface area contributed by atoms with Gasteiger partial charge in [0.2, 0.25) is 11.8 Å². The number of hydrogen-bond acceptors (Lipinski definition) is 10. The molecule has 12 nitrogen and oxygen atoms in total. The molecule has 0 aliphatic carbocycles. The third kappa shape index (κ3) is 12.3. The SMILES string of the molecule is CC(Oc1ccc(C(F)(F)F)cn1)C1CN(C(=O)c2ccc(C#N)nc2)CC1c1ccc(Cl)c(Cl)c1.C[C@@H](Oc1ccc(Cl)cn1)[C@@H]1CN(C(=O)c2ccc(C#N)nc2)C[C@H]1c1ccc(Cl)c(Cl)c1. The van der Waals surface area contributed by atoms with Crippen LogP contribution in [0.25, 0.3) is 0 Å². The Hall–Kier alpha value is -6.20. The first-order chi connectivity index (χ1) is 32.9. The van der Waals surface area contributed by atoms with Crippen LogP contribution in [0.5, 0.6) is 11.8 Å². The first-order valence-corrected chi connectivity index (χ1v) is 23.0. The molecule has 0 radical (unpaired) electrons. The van der Waals surface area contributed by atoms with Gasteiger partial charge in [0.05, 0.1) is 41.8 Å². The summed E-state index contributed by atoms with van der Waals surface area (Å²) in [7, 11) is 0. The van der Waals surface area contributed by atoms with Gasteiger partial charge in [-0.1, -0.05) is 70.1 Å². The number of carbonyl (C=O) groups excluding carboxylic acids is 2. The number of amides is 2. The van der Waals surface area contributed by atoms with Crippen molar-refractivity contribution in [3.05, 3.63) is 174 Å². The van der Waals surface area contributed by atoms with E-state index in [1.54, 1.807) is 59.2 Å². The van der Waals surface area contributed by atoms with Crippen LogP contribution in [0.4, 0.5) is 13.2 Å². The molecule has 69 heavy (non-hydrogen) atoms. The average molecular weight is 1040 g/mol. The zero-order valence-corrected chi connectivity index (χ0v) is 40.2. The van der Waals surface area contributed by atoms with Gasteiger partial charge in [-0.3, -0.25) is 9.59 Å². The number of benzene rings is 2. The number of hydrogen-bond donors (Lipinski definition) is 0. The van der Waals surface area contributed by atoms with Crippen molar-refractivity contribution in [2.75, 3.05) is 26.2 Å². The molecule has 8 rings (SSSR count). The van der Waals surface area contributed by atoms with E-state index >= 15 is 0 Å². The van der Waals surface area contributed by atoms with Crippen LogP contribution in [-0.2, 0) is 6.18 Å². The van der Waals surface area contributed by atoms with E-state index < -0.39 is 17.8 Å². The summed E-state index contributed by atoms with van der Waals surface area (Å²) in [5, 5.41) is 20.1. The van der Waals surface area contributed by atoms with Crippen molar-refractivity contribution in [3.63, 3.8) is 0 Å². The van der Waals surface area contributed by atoms with E-state index in [0.29, 0.717) is 68.3 Å². The molecule has 0 bridgehead atoms. The Morgan fingerprint density at radius 2 is 1.04 bits per heavy atom. The van der Waals surface area contributed by atoms with Gasteiger partial charge in [0, 0.05) is 86.8 Å². The minimum absolute atomic E-state index is 0.0302. The summed E-state index contributed by atoms with van der Waals surface area (Å²) in [5.41, 5.74) is 2.17. The maximum atomic E-state index is 13.2. The van der Waals surface area contributed by atoms with E-state index in [9.17, 15) is 22.8 Å². The third-order valence-corrected chi connectivity index (χ3v) is 13.6. The topological polar surface area (TPSA) is 158 Å². The van der Waals surface area contributed by atoms with Gasteiger partial charge in [-0.05, 0) is 85.6 Å². The summed E-state index contributed by atoms with van der Waals surface area (Å²) in [4.78, 5) is 45.8. The molecule has 0 N–H and O–H groups in total. The number of carbonyl (C=O) groups is 2. The Kier molecular flexibility index (Phi) is 16.2. The zero-order valence-electron chi connectivity index (χ0n) is 36.4. The Morgan fingerprint density at radius 1 is 0.594 bits per heavy atom. The number of alkyl halides is 3. The normalized spacial score (nSPS) is 18.6. The minimum atomic E-state index is -4.50. The van der Waals surface area contributed by atoms with Crippen LogP contribution in [0, 0.1) is 34.5 Å². The molecule has 2 aliphatic heterocycles. The number of pyridine rings is 4. The molecule has 2 amide bonds. The predicted molar refractivity (Wildman–Crippen MR) is 254 cm³/mol.